The van der Waals surface area contributed by atoms with Gasteiger partial charge in [0.1, 0.15) is 0 Å². The van der Waals surface area contributed by atoms with Gasteiger partial charge < -0.3 is 29.7 Å². The number of likely N-dealkylation sites (tertiary alicyclic amines) is 1. The normalized spacial score (nSPS) is 17.9. The molecular formula is C22H45N3O4. The van der Waals surface area contributed by atoms with Crippen LogP contribution < -0.4 is 10.6 Å². The number of rotatable bonds is 17. The molecule has 0 bridgehead atoms. The Morgan fingerprint density at radius 3 is 2.10 bits per heavy atom. The van der Waals surface area contributed by atoms with Crippen LogP contribution in [0.25, 0.3) is 0 Å². The minimum absolute atomic E-state index is 0.0665. The molecule has 1 fully saturated rings. The Kier molecular flexibility index (Phi) is 15.4. The van der Waals surface area contributed by atoms with Crippen molar-refractivity contribution in [2.45, 2.75) is 65.5 Å². The molecule has 7 nitrogen and oxygen atoms in total. The number of ether oxygens (including phenoxy) is 3. The fraction of sp³-hybridized carbons (Fsp3) is 0.955. The van der Waals surface area contributed by atoms with Gasteiger partial charge in [0.2, 0.25) is 5.91 Å². The highest BCUT2D eigenvalue weighted by Crippen LogP contribution is 2.11. The smallest absolute Gasteiger partial charge is 0.222 e. The maximum atomic E-state index is 11.6. The van der Waals surface area contributed by atoms with Crippen molar-refractivity contribution in [2.24, 2.45) is 5.92 Å². The minimum atomic E-state index is 0.0665. The first-order valence-corrected chi connectivity index (χ1v) is 11.6. The van der Waals surface area contributed by atoms with Crippen molar-refractivity contribution >= 4 is 5.91 Å². The molecule has 0 aromatic rings. The van der Waals surface area contributed by atoms with Crippen molar-refractivity contribution in [3.63, 3.8) is 0 Å². The third kappa shape index (κ3) is 13.2. The van der Waals surface area contributed by atoms with Gasteiger partial charge in [-0.05, 0) is 45.7 Å². The highest BCUT2D eigenvalue weighted by molar-refractivity contribution is 5.78. The summed E-state index contributed by atoms with van der Waals surface area (Å²) in [7, 11) is 0. The lowest BCUT2D eigenvalue weighted by Crippen LogP contribution is -2.46. The number of nitrogens with one attached hydrogen (secondary N) is 2. The molecule has 0 radical (unpaired) electrons. The Bertz CT molecular complexity index is 404. The van der Waals surface area contributed by atoms with Crippen LogP contribution in [0.3, 0.4) is 0 Å². The van der Waals surface area contributed by atoms with E-state index in [4.69, 9.17) is 14.2 Å². The number of hydrogen-bond acceptors (Lipinski definition) is 6. The Hall–Kier alpha value is -0.730. The van der Waals surface area contributed by atoms with Gasteiger partial charge in [-0.3, -0.25) is 4.79 Å². The van der Waals surface area contributed by atoms with E-state index in [2.05, 4.69) is 29.4 Å². The molecular weight excluding hydrogens is 370 g/mol. The third-order valence-corrected chi connectivity index (χ3v) is 5.62. The summed E-state index contributed by atoms with van der Waals surface area (Å²) < 4.78 is 16.6. The Labute approximate surface area is 178 Å². The predicted molar refractivity (Wildman–Crippen MR) is 117 cm³/mol. The van der Waals surface area contributed by atoms with E-state index in [0.29, 0.717) is 51.7 Å². The predicted octanol–water partition coefficient (Wildman–Crippen LogP) is 2.05. The van der Waals surface area contributed by atoms with Gasteiger partial charge >= 0.3 is 0 Å². The second-order valence-corrected chi connectivity index (χ2v) is 8.03. The van der Waals surface area contributed by atoms with Crippen LogP contribution >= 0.6 is 0 Å². The van der Waals surface area contributed by atoms with E-state index < -0.39 is 0 Å². The molecule has 0 spiro atoms. The van der Waals surface area contributed by atoms with Crippen molar-refractivity contribution in [1.29, 1.82) is 0 Å². The molecule has 2 unspecified atom stereocenters. The summed E-state index contributed by atoms with van der Waals surface area (Å²) in [5.41, 5.74) is 0. The maximum Gasteiger partial charge on any atom is 0.222 e. The van der Waals surface area contributed by atoms with Crippen LogP contribution in [0.2, 0.25) is 0 Å². The van der Waals surface area contributed by atoms with Crippen LogP contribution in [0.4, 0.5) is 0 Å². The summed E-state index contributed by atoms with van der Waals surface area (Å²) in [5.74, 6) is 0.161. The van der Waals surface area contributed by atoms with Gasteiger partial charge in [0.25, 0.3) is 0 Å². The Morgan fingerprint density at radius 1 is 0.931 bits per heavy atom. The fourth-order valence-corrected chi connectivity index (χ4v) is 3.19. The lowest BCUT2D eigenvalue weighted by molar-refractivity contribution is -0.124. The molecule has 2 atom stereocenters. The summed E-state index contributed by atoms with van der Waals surface area (Å²) in [6.45, 7) is 15.9. The van der Waals surface area contributed by atoms with Crippen molar-refractivity contribution in [2.75, 3.05) is 65.8 Å². The van der Waals surface area contributed by atoms with E-state index in [1.54, 1.807) is 0 Å². The summed E-state index contributed by atoms with van der Waals surface area (Å²) in [6.07, 6.45) is 4.51. The van der Waals surface area contributed by atoms with E-state index in [0.717, 1.165) is 32.7 Å². The summed E-state index contributed by atoms with van der Waals surface area (Å²) in [4.78, 5) is 14.1. The van der Waals surface area contributed by atoms with Gasteiger partial charge in [-0.2, -0.15) is 0 Å². The number of piperidine rings is 1. The van der Waals surface area contributed by atoms with Gasteiger partial charge in [0.15, 0.2) is 0 Å². The maximum absolute atomic E-state index is 11.6. The largest absolute Gasteiger partial charge is 0.378 e. The summed E-state index contributed by atoms with van der Waals surface area (Å²) in [5, 5.41) is 6.58. The highest BCUT2D eigenvalue weighted by atomic mass is 16.5. The fourth-order valence-electron chi connectivity index (χ4n) is 3.19. The second kappa shape index (κ2) is 17.0. The number of carbonyl (C=O) groups is 1. The van der Waals surface area contributed by atoms with E-state index in [1.165, 1.54) is 19.3 Å². The molecule has 1 aliphatic rings. The molecule has 0 saturated carbocycles. The molecule has 0 aliphatic carbocycles. The highest BCUT2D eigenvalue weighted by Gasteiger charge is 2.19. The molecule has 7 heteroatoms. The number of nitrogens with zero attached hydrogens (tertiary/aromatic N) is 1. The van der Waals surface area contributed by atoms with Gasteiger partial charge in [-0.15, -0.1) is 0 Å². The van der Waals surface area contributed by atoms with Gasteiger partial charge in [0, 0.05) is 31.1 Å². The van der Waals surface area contributed by atoms with Crippen LogP contribution in [0, 0.1) is 5.92 Å². The van der Waals surface area contributed by atoms with Crippen LogP contribution in [-0.4, -0.2) is 88.7 Å². The van der Waals surface area contributed by atoms with Gasteiger partial charge in [-0.1, -0.05) is 20.8 Å². The molecule has 2 N–H and O–H groups in total. The quantitative estimate of drug-likeness (QED) is 0.354. The molecule has 172 valence electrons. The molecule has 0 aromatic carbocycles. The first-order chi connectivity index (χ1) is 14.1. The minimum Gasteiger partial charge on any atom is -0.378 e. The monoisotopic (exact) mass is 415 g/mol. The number of hydrogen-bond donors (Lipinski definition) is 2. The van der Waals surface area contributed by atoms with E-state index >= 15 is 0 Å². The average Bonchev–Trinajstić information content (AvgIpc) is 2.74. The number of carbonyl (C=O) groups excluding carboxylic acids is 1. The Morgan fingerprint density at radius 2 is 1.52 bits per heavy atom. The van der Waals surface area contributed by atoms with Crippen molar-refractivity contribution < 1.29 is 19.0 Å². The van der Waals surface area contributed by atoms with Crippen LogP contribution in [0.5, 0.6) is 0 Å². The zero-order valence-corrected chi connectivity index (χ0v) is 19.2. The molecule has 1 amide bonds. The zero-order chi connectivity index (χ0) is 21.3. The third-order valence-electron chi connectivity index (χ3n) is 5.62. The van der Waals surface area contributed by atoms with E-state index in [9.17, 15) is 4.79 Å². The van der Waals surface area contributed by atoms with Crippen molar-refractivity contribution in [3.8, 4) is 0 Å². The van der Waals surface area contributed by atoms with Crippen LogP contribution in [0.15, 0.2) is 0 Å². The van der Waals surface area contributed by atoms with Crippen LogP contribution in [0.1, 0.15) is 53.4 Å². The van der Waals surface area contributed by atoms with Crippen LogP contribution in [-0.2, 0) is 19.0 Å². The Balaban J connectivity index is 1.82. The standard InChI is InChI=1S/C22H45N3O4/c1-5-19(3)22(26)23-9-13-27-15-17-29-18-16-28-14-12-25-10-7-21(8-11-25)24-20(4)6-2/h19-21,24H,5-18H2,1-4H3,(H,23,26). The van der Waals surface area contributed by atoms with E-state index in [1.807, 2.05) is 13.8 Å². The van der Waals surface area contributed by atoms with Gasteiger partial charge in [0.05, 0.1) is 39.6 Å². The lowest BCUT2D eigenvalue weighted by atomic mass is 10.0. The first-order valence-electron chi connectivity index (χ1n) is 11.6. The summed E-state index contributed by atoms with van der Waals surface area (Å²) >= 11 is 0. The van der Waals surface area contributed by atoms with Gasteiger partial charge in [-0.25, -0.2) is 0 Å². The second-order valence-electron chi connectivity index (χ2n) is 8.03. The first kappa shape index (κ1) is 26.3. The van der Waals surface area contributed by atoms with Crippen molar-refractivity contribution in [3.05, 3.63) is 0 Å². The topological polar surface area (TPSA) is 72.1 Å². The molecule has 29 heavy (non-hydrogen) atoms. The average molecular weight is 416 g/mol. The zero-order valence-electron chi connectivity index (χ0n) is 19.2. The molecule has 1 heterocycles. The lowest BCUT2D eigenvalue weighted by Gasteiger charge is -2.33. The van der Waals surface area contributed by atoms with Crippen molar-refractivity contribution in [1.82, 2.24) is 15.5 Å². The molecule has 0 aromatic heterocycles. The summed E-state index contributed by atoms with van der Waals surface area (Å²) in [6, 6.07) is 1.30. The molecule has 1 aliphatic heterocycles. The van der Waals surface area contributed by atoms with E-state index in [-0.39, 0.29) is 11.8 Å². The number of amides is 1. The molecule has 1 saturated heterocycles. The molecule has 1 rings (SSSR count). The SMILES string of the molecule is CCC(C)NC1CCN(CCOCCOCCOCCNC(=O)C(C)CC)CC1.